The Labute approximate surface area is 178 Å². The minimum atomic E-state index is 0.117. The number of amides is 1. The van der Waals surface area contributed by atoms with E-state index in [1.807, 2.05) is 32.2 Å². The molecule has 2 aromatic carbocycles. The van der Waals surface area contributed by atoms with Crippen LogP contribution < -0.4 is 4.74 Å². The largest absolute Gasteiger partial charge is 0.497 e. The predicted molar refractivity (Wildman–Crippen MR) is 121 cm³/mol. The lowest BCUT2D eigenvalue weighted by atomic mass is 10.0. The van der Waals surface area contributed by atoms with E-state index in [-0.39, 0.29) is 11.9 Å². The van der Waals surface area contributed by atoms with Gasteiger partial charge in [0.05, 0.1) is 18.7 Å². The van der Waals surface area contributed by atoms with Gasteiger partial charge in [-0.25, -0.2) is 0 Å². The van der Waals surface area contributed by atoms with Gasteiger partial charge in [-0.15, -0.1) is 0 Å². The van der Waals surface area contributed by atoms with Gasteiger partial charge in [0.15, 0.2) is 0 Å². The summed E-state index contributed by atoms with van der Waals surface area (Å²) >= 11 is 0. The molecule has 5 heteroatoms. The van der Waals surface area contributed by atoms with Gasteiger partial charge in [-0.2, -0.15) is 0 Å². The fourth-order valence-electron chi connectivity index (χ4n) is 4.66. The fraction of sp³-hybridized carbons (Fsp3) is 0.400. The molecule has 30 heavy (non-hydrogen) atoms. The van der Waals surface area contributed by atoms with Crippen molar-refractivity contribution in [3.8, 4) is 5.75 Å². The maximum atomic E-state index is 13.8. The molecule has 1 aliphatic heterocycles. The maximum Gasteiger partial charge on any atom is 0.256 e. The first-order valence-corrected chi connectivity index (χ1v) is 10.6. The van der Waals surface area contributed by atoms with Crippen LogP contribution in [-0.2, 0) is 13.6 Å². The molecule has 1 amide bonds. The Kier molecular flexibility index (Phi) is 5.56. The number of likely N-dealkylation sites (tertiary alicyclic amines) is 1. The van der Waals surface area contributed by atoms with Gasteiger partial charge in [0, 0.05) is 36.7 Å². The third-order valence-corrected chi connectivity index (χ3v) is 6.29. The summed E-state index contributed by atoms with van der Waals surface area (Å²) in [6.45, 7) is 3.74. The molecule has 3 aromatic rings. The third kappa shape index (κ3) is 3.58. The number of carbonyl (C=O) groups excluding carboxylic acids is 1. The molecule has 1 aromatic heterocycles. The highest BCUT2D eigenvalue weighted by molar-refractivity contribution is 6.09. The van der Waals surface area contributed by atoms with Crippen molar-refractivity contribution < 1.29 is 9.53 Å². The summed E-state index contributed by atoms with van der Waals surface area (Å²) in [6, 6.07) is 14.8. The van der Waals surface area contributed by atoms with Crippen LogP contribution in [0.3, 0.4) is 0 Å². The van der Waals surface area contributed by atoms with Crippen LogP contribution >= 0.6 is 0 Å². The summed E-state index contributed by atoms with van der Waals surface area (Å²) in [6.07, 6.45) is 2.04. The molecule has 4 rings (SSSR count). The molecule has 1 atom stereocenters. The molecule has 0 aliphatic carbocycles. The first-order valence-electron chi connectivity index (χ1n) is 10.6. The van der Waals surface area contributed by atoms with Gasteiger partial charge in [-0.05, 0) is 63.2 Å². The van der Waals surface area contributed by atoms with Crippen LogP contribution in [0, 0.1) is 6.92 Å². The lowest BCUT2D eigenvalue weighted by Crippen LogP contribution is -2.31. The van der Waals surface area contributed by atoms with E-state index in [2.05, 4.69) is 52.7 Å². The number of nitrogens with zero attached hydrogens (tertiary/aromatic N) is 3. The van der Waals surface area contributed by atoms with Crippen molar-refractivity contribution in [3.05, 3.63) is 64.8 Å². The zero-order valence-electron chi connectivity index (χ0n) is 18.6. The molecule has 1 fully saturated rings. The Morgan fingerprint density at radius 1 is 1.17 bits per heavy atom. The van der Waals surface area contributed by atoms with E-state index in [1.54, 1.807) is 7.11 Å². The van der Waals surface area contributed by atoms with Crippen LogP contribution in [0.1, 0.15) is 46.1 Å². The second-order valence-electron chi connectivity index (χ2n) is 8.54. The van der Waals surface area contributed by atoms with E-state index in [1.165, 1.54) is 11.1 Å². The van der Waals surface area contributed by atoms with Crippen LogP contribution in [-0.4, -0.2) is 48.0 Å². The number of fused-ring (bicyclic) bond motifs is 1. The van der Waals surface area contributed by atoms with Crippen LogP contribution in [0.25, 0.3) is 10.9 Å². The summed E-state index contributed by atoms with van der Waals surface area (Å²) in [5.41, 5.74) is 5.36. The van der Waals surface area contributed by atoms with E-state index in [9.17, 15) is 4.79 Å². The van der Waals surface area contributed by atoms with Gasteiger partial charge < -0.3 is 19.1 Å². The zero-order chi connectivity index (χ0) is 21.4. The first-order chi connectivity index (χ1) is 14.4. The average molecular weight is 406 g/mol. The second-order valence-corrected chi connectivity index (χ2v) is 8.54. The molecule has 5 nitrogen and oxygen atoms in total. The molecule has 0 spiro atoms. The predicted octanol–water partition coefficient (Wildman–Crippen LogP) is 4.53. The third-order valence-electron chi connectivity index (χ3n) is 6.29. The standard InChI is InChI=1S/C25H31N3O2/c1-17-24(21-15-20(30-5)12-13-23(21)27(17)4)25(29)28-14-6-7-22(28)19-10-8-18(9-11-19)16-26(2)3/h8-13,15,22H,6-7,14,16H2,1-5H3. The number of hydrogen-bond donors (Lipinski definition) is 0. The van der Waals surface area contributed by atoms with E-state index in [4.69, 9.17) is 4.74 Å². The maximum absolute atomic E-state index is 13.8. The van der Waals surface area contributed by atoms with Gasteiger partial charge in [0.2, 0.25) is 0 Å². The number of rotatable bonds is 5. The number of methoxy groups -OCH3 is 1. The summed E-state index contributed by atoms with van der Waals surface area (Å²) < 4.78 is 7.52. The number of aryl methyl sites for hydroxylation is 1. The number of aromatic nitrogens is 1. The van der Waals surface area contributed by atoms with Gasteiger partial charge in [-0.3, -0.25) is 4.79 Å². The molecule has 0 radical (unpaired) electrons. The van der Waals surface area contributed by atoms with Crippen molar-refractivity contribution >= 4 is 16.8 Å². The summed E-state index contributed by atoms with van der Waals surface area (Å²) in [5.74, 6) is 0.892. The van der Waals surface area contributed by atoms with Crippen molar-refractivity contribution in [2.75, 3.05) is 27.7 Å². The molecular weight excluding hydrogens is 374 g/mol. The minimum Gasteiger partial charge on any atom is -0.497 e. The first kappa shape index (κ1) is 20.5. The summed E-state index contributed by atoms with van der Waals surface area (Å²) in [7, 11) is 7.83. The smallest absolute Gasteiger partial charge is 0.256 e. The highest BCUT2D eigenvalue weighted by Gasteiger charge is 2.33. The van der Waals surface area contributed by atoms with Gasteiger partial charge in [-0.1, -0.05) is 24.3 Å². The summed E-state index contributed by atoms with van der Waals surface area (Å²) in [4.78, 5) is 18.0. The molecule has 0 bridgehead atoms. The van der Waals surface area contributed by atoms with Crippen LogP contribution in [0.5, 0.6) is 5.75 Å². The van der Waals surface area contributed by atoms with Crippen molar-refractivity contribution in [2.24, 2.45) is 7.05 Å². The zero-order valence-corrected chi connectivity index (χ0v) is 18.6. The van der Waals surface area contributed by atoms with E-state index < -0.39 is 0 Å². The van der Waals surface area contributed by atoms with Crippen LogP contribution in [0.15, 0.2) is 42.5 Å². The molecule has 2 heterocycles. The second kappa shape index (κ2) is 8.15. The van der Waals surface area contributed by atoms with E-state index >= 15 is 0 Å². The molecule has 0 saturated carbocycles. The number of hydrogen-bond acceptors (Lipinski definition) is 3. The normalized spacial score (nSPS) is 16.6. The van der Waals surface area contributed by atoms with Gasteiger partial charge in [0.25, 0.3) is 5.91 Å². The number of carbonyl (C=O) groups is 1. The number of benzene rings is 2. The van der Waals surface area contributed by atoms with Crippen LogP contribution in [0.4, 0.5) is 0 Å². The molecular formula is C25H31N3O2. The molecule has 1 unspecified atom stereocenters. The van der Waals surface area contributed by atoms with Crippen molar-refractivity contribution in [1.29, 1.82) is 0 Å². The Morgan fingerprint density at radius 3 is 2.57 bits per heavy atom. The van der Waals surface area contributed by atoms with Crippen LogP contribution in [0.2, 0.25) is 0 Å². The molecule has 1 saturated heterocycles. The summed E-state index contributed by atoms with van der Waals surface area (Å²) in [5, 5.41) is 0.964. The average Bonchev–Trinajstić information content (AvgIpc) is 3.31. The molecule has 0 N–H and O–H groups in total. The SMILES string of the molecule is COc1ccc2c(c1)c(C(=O)N1CCCC1c1ccc(CN(C)C)cc1)c(C)n2C. The highest BCUT2D eigenvalue weighted by atomic mass is 16.5. The van der Waals surface area contributed by atoms with Gasteiger partial charge >= 0.3 is 0 Å². The number of ether oxygens (including phenoxy) is 1. The lowest BCUT2D eigenvalue weighted by Gasteiger charge is -2.26. The molecule has 1 aliphatic rings. The Morgan fingerprint density at radius 2 is 1.90 bits per heavy atom. The fourth-order valence-corrected chi connectivity index (χ4v) is 4.66. The Hall–Kier alpha value is -2.79. The quantitative estimate of drug-likeness (QED) is 0.626. The Balaban J connectivity index is 1.68. The van der Waals surface area contributed by atoms with Gasteiger partial charge in [0.1, 0.15) is 5.75 Å². The van der Waals surface area contributed by atoms with Crippen molar-refractivity contribution in [3.63, 3.8) is 0 Å². The minimum absolute atomic E-state index is 0.117. The van der Waals surface area contributed by atoms with E-state index in [0.29, 0.717) is 0 Å². The lowest BCUT2D eigenvalue weighted by molar-refractivity contribution is 0.0736. The monoisotopic (exact) mass is 405 g/mol. The molecule has 158 valence electrons. The topological polar surface area (TPSA) is 37.7 Å². The Bertz CT molecular complexity index is 1070. The van der Waals surface area contributed by atoms with Crippen molar-refractivity contribution in [1.82, 2.24) is 14.4 Å². The highest BCUT2D eigenvalue weighted by Crippen LogP contribution is 2.36. The van der Waals surface area contributed by atoms with Crippen molar-refractivity contribution in [2.45, 2.75) is 32.4 Å². The van der Waals surface area contributed by atoms with E-state index in [0.717, 1.165) is 53.8 Å².